The molecule has 0 aliphatic carbocycles. The molecule has 0 radical (unpaired) electrons. The molecule has 2 aromatic rings. The summed E-state index contributed by atoms with van der Waals surface area (Å²) < 4.78 is 51.3. The van der Waals surface area contributed by atoms with E-state index in [1.54, 1.807) is 6.92 Å². The Morgan fingerprint density at radius 1 is 1.32 bits per heavy atom. The second-order valence-corrected chi connectivity index (χ2v) is 8.12. The van der Waals surface area contributed by atoms with Crippen molar-refractivity contribution < 1.29 is 22.3 Å². The van der Waals surface area contributed by atoms with Crippen molar-refractivity contribution in [3.8, 4) is 11.3 Å². The summed E-state index contributed by atoms with van der Waals surface area (Å²) in [5.74, 6) is -2.32. The monoisotopic (exact) mass is 347 g/mol. The van der Waals surface area contributed by atoms with E-state index in [-0.39, 0.29) is 40.3 Å². The topological polar surface area (TPSA) is 67.3 Å². The molecule has 0 saturated heterocycles. The van der Waals surface area contributed by atoms with Crippen LogP contribution < -0.4 is 0 Å². The number of aromatic nitrogens is 1. The summed E-state index contributed by atoms with van der Waals surface area (Å²) in [7, 11) is -3.43. The zero-order valence-electron chi connectivity index (χ0n) is 11.8. The molecular formula is C14H15F2NO3S2. The number of nitrogens with zero attached hydrogens (tertiary/aromatic N) is 1. The van der Waals surface area contributed by atoms with E-state index in [4.69, 9.17) is 5.11 Å². The lowest BCUT2D eigenvalue weighted by Crippen LogP contribution is -2.18. The van der Waals surface area contributed by atoms with Crippen LogP contribution in [-0.2, 0) is 15.6 Å². The van der Waals surface area contributed by atoms with Gasteiger partial charge in [0.2, 0.25) is 0 Å². The number of thiazole rings is 1. The number of halogens is 2. The van der Waals surface area contributed by atoms with Gasteiger partial charge >= 0.3 is 0 Å². The van der Waals surface area contributed by atoms with Crippen LogP contribution in [0.4, 0.5) is 8.78 Å². The molecule has 2 rings (SSSR count). The highest BCUT2D eigenvalue weighted by Crippen LogP contribution is 2.28. The number of hydrogen-bond acceptors (Lipinski definition) is 5. The summed E-state index contributed by atoms with van der Waals surface area (Å²) in [6, 6.07) is 3.50. The molecule has 0 saturated carbocycles. The average molecular weight is 347 g/mol. The van der Waals surface area contributed by atoms with E-state index in [2.05, 4.69) is 4.98 Å². The van der Waals surface area contributed by atoms with E-state index >= 15 is 0 Å². The number of aliphatic hydroxyl groups is 1. The Balaban J connectivity index is 2.22. The first-order valence-corrected chi connectivity index (χ1v) is 9.22. The molecule has 1 aromatic heterocycles. The van der Waals surface area contributed by atoms with E-state index < -0.39 is 21.5 Å². The van der Waals surface area contributed by atoms with Gasteiger partial charge in [0.05, 0.1) is 17.0 Å². The Morgan fingerprint density at radius 2 is 1.95 bits per heavy atom. The molecule has 1 atom stereocenters. The molecule has 0 amide bonds. The van der Waals surface area contributed by atoms with Crippen molar-refractivity contribution in [2.75, 3.05) is 12.4 Å². The third kappa shape index (κ3) is 4.08. The Hall–Kier alpha value is -1.38. The van der Waals surface area contributed by atoms with E-state index in [0.717, 1.165) is 23.5 Å². The molecule has 1 aromatic carbocycles. The average Bonchev–Trinajstić information content (AvgIpc) is 2.85. The van der Waals surface area contributed by atoms with Gasteiger partial charge in [-0.25, -0.2) is 22.2 Å². The Morgan fingerprint density at radius 3 is 2.55 bits per heavy atom. The smallest absolute Gasteiger partial charge is 0.157 e. The van der Waals surface area contributed by atoms with Crippen LogP contribution in [0.1, 0.15) is 11.9 Å². The van der Waals surface area contributed by atoms with Crippen molar-refractivity contribution in [2.24, 2.45) is 5.92 Å². The maximum Gasteiger partial charge on any atom is 0.157 e. The summed E-state index contributed by atoms with van der Waals surface area (Å²) in [4.78, 5) is 4.02. The van der Waals surface area contributed by atoms with Crippen LogP contribution in [0.5, 0.6) is 0 Å². The van der Waals surface area contributed by atoms with E-state index in [1.165, 1.54) is 11.4 Å². The van der Waals surface area contributed by atoms with Gasteiger partial charge in [-0.05, 0) is 18.1 Å². The third-order valence-corrected chi connectivity index (χ3v) is 5.79. The van der Waals surface area contributed by atoms with Crippen molar-refractivity contribution in [1.29, 1.82) is 0 Å². The molecule has 1 heterocycles. The van der Waals surface area contributed by atoms with E-state index in [9.17, 15) is 17.2 Å². The summed E-state index contributed by atoms with van der Waals surface area (Å²) in [5, 5.41) is 10.6. The predicted octanol–water partition coefficient (Wildman–Crippen LogP) is 2.63. The summed E-state index contributed by atoms with van der Waals surface area (Å²) in [6.45, 7) is 1.41. The molecule has 0 bridgehead atoms. The van der Waals surface area contributed by atoms with Gasteiger partial charge in [-0.2, -0.15) is 0 Å². The van der Waals surface area contributed by atoms with Gasteiger partial charge in [-0.3, -0.25) is 0 Å². The lowest BCUT2D eigenvalue weighted by Gasteiger charge is -2.07. The van der Waals surface area contributed by atoms with Crippen LogP contribution >= 0.6 is 11.3 Å². The molecule has 1 N–H and O–H groups in total. The molecule has 120 valence electrons. The maximum absolute atomic E-state index is 13.7. The lowest BCUT2D eigenvalue weighted by molar-refractivity contribution is 0.249. The van der Waals surface area contributed by atoms with Crippen molar-refractivity contribution >= 4 is 21.2 Å². The normalized spacial score (nSPS) is 13.3. The zero-order chi connectivity index (χ0) is 16.3. The number of aliphatic hydroxyl groups excluding tert-OH is 1. The number of hydrogen-bond donors (Lipinski definition) is 1. The van der Waals surface area contributed by atoms with Crippen LogP contribution in [0, 0.1) is 17.6 Å². The summed E-state index contributed by atoms with van der Waals surface area (Å²) in [6.07, 6.45) is 0. The molecule has 1 unspecified atom stereocenters. The molecule has 0 spiro atoms. The fourth-order valence-electron chi connectivity index (χ4n) is 1.97. The summed E-state index contributed by atoms with van der Waals surface area (Å²) >= 11 is 1.04. The first-order chi connectivity index (χ1) is 10.3. The van der Waals surface area contributed by atoms with Crippen LogP contribution in [0.15, 0.2) is 23.6 Å². The first-order valence-electron chi connectivity index (χ1n) is 6.52. The SMILES string of the molecule is CC(CO)CS(=O)(=O)Cc1nc(-c2c(F)cccc2F)cs1. The Labute approximate surface area is 131 Å². The van der Waals surface area contributed by atoms with Crippen molar-refractivity contribution in [1.82, 2.24) is 4.98 Å². The number of sulfone groups is 1. The van der Waals surface area contributed by atoms with Gasteiger partial charge in [0.25, 0.3) is 0 Å². The Bertz CT molecular complexity index is 739. The fraction of sp³-hybridized carbons (Fsp3) is 0.357. The van der Waals surface area contributed by atoms with Gasteiger partial charge in [0.15, 0.2) is 9.84 Å². The summed E-state index contributed by atoms with van der Waals surface area (Å²) in [5.41, 5.74) is -0.174. The van der Waals surface area contributed by atoms with E-state index in [1.807, 2.05) is 0 Å². The standard InChI is InChI=1S/C14H15F2NO3S2/c1-9(5-18)7-22(19,20)8-13-17-12(6-21-13)14-10(15)3-2-4-11(14)16/h2-4,6,9,18H,5,7-8H2,1H3. The Kier molecular flexibility index (Phi) is 5.25. The highest BCUT2D eigenvalue weighted by atomic mass is 32.2. The van der Waals surface area contributed by atoms with Gasteiger partial charge in [-0.1, -0.05) is 13.0 Å². The molecular weight excluding hydrogens is 332 g/mol. The van der Waals surface area contributed by atoms with Crippen molar-refractivity contribution in [3.05, 3.63) is 40.2 Å². The van der Waals surface area contributed by atoms with Crippen LogP contribution in [0.2, 0.25) is 0 Å². The quantitative estimate of drug-likeness (QED) is 0.872. The molecule has 8 heteroatoms. The molecule has 22 heavy (non-hydrogen) atoms. The van der Waals surface area contributed by atoms with Crippen molar-refractivity contribution in [3.63, 3.8) is 0 Å². The highest BCUT2D eigenvalue weighted by molar-refractivity contribution is 7.90. The third-order valence-electron chi connectivity index (χ3n) is 2.96. The van der Waals surface area contributed by atoms with Gasteiger partial charge < -0.3 is 5.11 Å². The second-order valence-electron chi connectivity index (χ2n) is 5.07. The van der Waals surface area contributed by atoms with E-state index in [0.29, 0.717) is 0 Å². The van der Waals surface area contributed by atoms with Gasteiger partial charge in [0.1, 0.15) is 22.4 Å². The number of rotatable bonds is 6. The second kappa shape index (κ2) is 6.80. The molecule has 0 fully saturated rings. The van der Waals surface area contributed by atoms with Crippen LogP contribution in [-0.4, -0.2) is 30.9 Å². The minimum Gasteiger partial charge on any atom is -0.396 e. The largest absolute Gasteiger partial charge is 0.396 e. The highest BCUT2D eigenvalue weighted by Gasteiger charge is 2.20. The lowest BCUT2D eigenvalue weighted by atomic mass is 10.1. The minimum atomic E-state index is -3.43. The van der Waals surface area contributed by atoms with Gasteiger partial charge in [0, 0.05) is 12.0 Å². The van der Waals surface area contributed by atoms with Crippen LogP contribution in [0.25, 0.3) is 11.3 Å². The molecule has 0 aliphatic heterocycles. The first kappa shape index (κ1) is 17.0. The minimum absolute atomic E-state index is 0.0843. The van der Waals surface area contributed by atoms with Crippen molar-refractivity contribution in [2.45, 2.75) is 12.7 Å². The zero-order valence-corrected chi connectivity index (χ0v) is 13.4. The molecule has 4 nitrogen and oxygen atoms in total. The fourth-order valence-corrected chi connectivity index (χ4v) is 4.88. The molecule has 0 aliphatic rings. The van der Waals surface area contributed by atoms with Crippen LogP contribution in [0.3, 0.4) is 0 Å². The predicted molar refractivity (Wildman–Crippen MR) is 81.2 cm³/mol. The van der Waals surface area contributed by atoms with Gasteiger partial charge in [-0.15, -0.1) is 11.3 Å². The maximum atomic E-state index is 13.7. The number of benzene rings is 1.